The van der Waals surface area contributed by atoms with Gasteiger partial charge in [-0.25, -0.2) is 19.7 Å². The van der Waals surface area contributed by atoms with E-state index in [-0.39, 0.29) is 45.2 Å². The van der Waals surface area contributed by atoms with Crippen LogP contribution in [0.1, 0.15) is 32.3 Å². The fraction of sp³-hybridized carbons (Fsp3) is 0.480. The quantitative estimate of drug-likeness (QED) is 0.366. The van der Waals surface area contributed by atoms with Crippen molar-refractivity contribution in [3.8, 4) is 11.5 Å². The summed E-state index contributed by atoms with van der Waals surface area (Å²) in [6, 6.07) is 1.54. The molecule has 2 atom stereocenters. The smallest absolute Gasteiger partial charge is 0.348 e. The number of ether oxygens (including phenoxy) is 1. The van der Waals surface area contributed by atoms with Crippen LogP contribution in [0.2, 0.25) is 10.0 Å². The Hall–Kier alpha value is -2.97. The lowest BCUT2D eigenvalue weighted by Crippen LogP contribution is -2.55. The predicted molar refractivity (Wildman–Crippen MR) is 154 cm³/mol. The van der Waals surface area contributed by atoms with E-state index in [1.165, 1.54) is 0 Å². The molecule has 0 saturated carbocycles. The molecule has 0 unspecified atom stereocenters. The number of methoxy groups -OCH3 is 1. The normalized spacial score (nSPS) is 20.1. The summed E-state index contributed by atoms with van der Waals surface area (Å²) in [6.45, 7) is 6.15. The number of hydrogen-bond acceptors (Lipinski definition) is 10. The Kier molecular flexibility index (Phi) is 8.47. The molecule has 0 radical (unpaired) electrons. The molecule has 15 heteroatoms. The SMILES string of the molecule is CO[C@H]1CN(c2nc(-c3nccc(N4CCN(C)CC4)n3)c(C(=O)O)s2)CC[C@H]1NC(=O)c1[nH]c(C)c(Cl)c1Cl. The zero-order chi connectivity index (χ0) is 28.6. The molecular weight excluding hydrogens is 579 g/mol. The lowest BCUT2D eigenvalue weighted by molar-refractivity contribution is 0.0540. The van der Waals surface area contributed by atoms with Crippen molar-refractivity contribution in [2.75, 3.05) is 63.2 Å². The minimum atomic E-state index is -1.09. The molecule has 214 valence electrons. The van der Waals surface area contributed by atoms with Crippen molar-refractivity contribution in [2.24, 2.45) is 0 Å². The van der Waals surface area contributed by atoms with Gasteiger partial charge in [-0.1, -0.05) is 34.5 Å². The van der Waals surface area contributed by atoms with Crippen molar-refractivity contribution in [3.05, 3.63) is 38.6 Å². The standard InChI is InChI=1S/C25H30Cl2N8O4S/c1-13-17(26)18(27)19(29-13)23(36)30-14-5-7-35(12-15(14)39-3)25-32-20(21(40-25)24(37)38)22-28-6-4-16(31-22)34-10-8-33(2)9-11-34/h4,6,14-15,29H,5,7-12H2,1-3H3,(H,30,36)(H,37,38)/t14-,15+/m1/s1. The second-order valence-corrected chi connectivity index (χ2v) is 11.6. The number of piperidine rings is 1. The first-order chi connectivity index (χ1) is 19.2. The minimum absolute atomic E-state index is 0.0727. The van der Waals surface area contributed by atoms with Crippen LogP contribution in [0, 0.1) is 6.92 Å². The molecule has 0 bridgehead atoms. The van der Waals surface area contributed by atoms with E-state index in [2.05, 4.69) is 42.1 Å². The largest absolute Gasteiger partial charge is 0.477 e. The number of nitrogens with zero attached hydrogens (tertiary/aromatic N) is 6. The molecule has 40 heavy (non-hydrogen) atoms. The molecule has 2 aliphatic heterocycles. The number of aromatic amines is 1. The molecule has 3 aromatic rings. The number of H-pyrrole nitrogens is 1. The predicted octanol–water partition coefficient (Wildman–Crippen LogP) is 3.02. The van der Waals surface area contributed by atoms with E-state index in [0.29, 0.717) is 35.4 Å². The number of rotatable bonds is 7. The summed E-state index contributed by atoms with van der Waals surface area (Å²) in [5, 5.41) is 14.0. The number of carboxylic acid groups (broad SMARTS) is 1. The van der Waals surface area contributed by atoms with Crippen molar-refractivity contribution < 1.29 is 19.4 Å². The van der Waals surface area contributed by atoms with Crippen LogP contribution in [-0.4, -0.2) is 107 Å². The average Bonchev–Trinajstić information content (AvgIpc) is 3.51. The van der Waals surface area contributed by atoms with Crippen molar-refractivity contribution in [1.82, 2.24) is 30.2 Å². The van der Waals surface area contributed by atoms with Gasteiger partial charge in [-0.15, -0.1) is 0 Å². The molecule has 0 aromatic carbocycles. The van der Waals surface area contributed by atoms with Crippen LogP contribution < -0.4 is 15.1 Å². The number of aromatic nitrogens is 4. The molecule has 0 spiro atoms. The van der Waals surface area contributed by atoms with E-state index in [1.54, 1.807) is 20.2 Å². The topological polar surface area (TPSA) is 140 Å². The molecule has 0 aliphatic carbocycles. The van der Waals surface area contributed by atoms with Gasteiger partial charge in [0.05, 0.1) is 22.2 Å². The lowest BCUT2D eigenvalue weighted by Gasteiger charge is -2.37. The number of likely N-dealkylation sites (N-methyl/N-ethyl adjacent to an activating group) is 1. The molecule has 2 saturated heterocycles. The Morgan fingerprint density at radius 1 is 1.15 bits per heavy atom. The molecule has 12 nitrogen and oxygen atoms in total. The highest BCUT2D eigenvalue weighted by molar-refractivity contribution is 7.17. The first-order valence-corrected chi connectivity index (χ1v) is 14.4. The van der Waals surface area contributed by atoms with Gasteiger partial charge >= 0.3 is 5.97 Å². The van der Waals surface area contributed by atoms with Gasteiger partial charge in [0, 0.05) is 58.3 Å². The molecule has 5 rings (SSSR count). The molecular formula is C25H30Cl2N8O4S. The molecule has 5 heterocycles. The number of thiazole rings is 1. The summed E-state index contributed by atoms with van der Waals surface area (Å²) >= 11 is 13.4. The number of carboxylic acids is 1. The Bertz CT molecular complexity index is 1410. The fourth-order valence-corrected chi connectivity index (χ4v) is 6.23. The summed E-state index contributed by atoms with van der Waals surface area (Å²) in [6.07, 6.45) is 1.81. The second kappa shape index (κ2) is 11.9. The maximum Gasteiger partial charge on any atom is 0.348 e. The summed E-state index contributed by atoms with van der Waals surface area (Å²) in [5.74, 6) is -0.436. The van der Waals surface area contributed by atoms with Crippen LogP contribution >= 0.6 is 34.5 Å². The van der Waals surface area contributed by atoms with E-state index in [1.807, 2.05) is 11.0 Å². The Morgan fingerprint density at radius 3 is 2.55 bits per heavy atom. The number of aryl methyl sites for hydroxylation is 1. The number of piperazine rings is 1. The van der Waals surface area contributed by atoms with Crippen LogP contribution in [0.15, 0.2) is 12.3 Å². The van der Waals surface area contributed by atoms with E-state index >= 15 is 0 Å². The lowest BCUT2D eigenvalue weighted by atomic mass is 10.0. The molecule has 1 amide bonds. The number of halogens is 2. The summed E-state index contributed by atoms with van der Waals surface area (Å²) in [4.78, 5) is 48.2. The van der Waals surface area contributed by atoms with Gasteiger partial charge in [-0.3, -0.25) is 4.79 Å². The van der Waals surface area contributed by atoms with E-state index < -0.39 is 5.97 Å². The highest BCUT2D eigenvalue weighted by Gasteiger charge is 2.34. The van der Waals surface area contributed by atoms with Gasteiger partial charge < -0.3 is 34.8 Å². The zero-order valence-electron chi connectivity index (χ0n) is 22.3. The van der Waals surface area contributed by atoms with Gasteiger partial charge in [0.1, 0.15) is 22.1 Å². The molecule has 2 fully saturated rings. The number of anilines is 2. The number of aromatic carboxylic acids is 1. The Balaban J connectivity index is 1.33. The zero-order valence-corrected chi connectivity index (χ0v) is 24.6. The van der Waals surface area contributed by atoms with Crippen LogP contribution in [0.25, 0.3) is 11.5 Å². The number of carbonyl (C=O) groups is 2. The van der Waals surface area contributed by atoms with Crippen molar-refractivity contribution >= 4 is 57.4 Å². The maximum absolute atomic E-state index is 12.9. The van der Waals surface area contributed by atoms with Crippen LogP contribution in [-0.2, 0) is 4.74 Å². The highest BCUT2D eigenvalue weighted by Crippen LogP contribution is 2.34. The summed E-state index contributed by atoms with van der Waals surface area (Å²) in [5.41, 5.74) is 1.05. The van der Waals surface area contributed by atoms with Crippen molar-refractivity contribution in [1.29, 1.82) is 0 Å². The maximum atomic E-state index is 12.9. The third-order valence-corrected chi connectivity index (χ3v) is 9.27. The van der Waals surface area contributed by atoms with Gasteiger partial charge in [0.15, 0.2) is 11.0 Å². The second-order valence-electron chi connectivity index (χ2n) is 9.85. The first kappa shape index (κ1) is 28.6. The minimum Gasteiger partial charge on any atom is -0.477 e. The van der Waals surface area contributed by atoms with Gasteiger partial charge in [-0.2, -0.15) is 0 Å². The third-order valence-electron chi connectivity index (χ3n) is 7.22. The Labute approximate surface area is 245 Å². The number of hydrogen-bond donors (Lipinski definition) is 3. The summed E-state index contributed by atoms with van der Waals surface area (Å²) in [7, 11) is 3.65. The number of nitrogens with one attached hydrogen (secondary N) is 2. The van der Waals surface area contributed by atoms with E-state index in [9.17, 15) is 14.7 Å². The Morgan fingerprint density at radius 2 is 1.90 bits per heavy atom. The highest BCUT2D eigenvalue weighted by atomic mass is 35.5. The number of amides is 1. The number of carbonyl (C=O) groups excluding carboxylic acids is 1. The van der Waals surface area contributed by atoms with Gasteiger partial charge in [0.2, 0.25) is 0 Å². The first-order valence-electron chi connectivity index (χ1n) is 12.8. The van der Waals surface area contributed by atoms with E-state index in [0.717, 1.165) is 43.3 Å². The third kappa shape index (κ3) is 5.75. The van der Waals surface area contributed by atoms with Crippen molar-refractivity contribution in [2.45, 2.75) is 25.5 Å². The van der Waals surface area contributed by atoms with Crippen LogP contribution in [0.4, 0.5) is 10.9 Å². The van der Waals surface area contributed by atoms with Crippen LogP contribution in [0.3, 0.4) is 0 Å². The fourth-order valence-electron chi connectivity index (χ4n) is 4.88. The average molecular weight is 610 g/mol. The van der Waals surface area contributed by atoms with E-state index in [4.69, 9.17) is 27.9 Å². The van der Waals surface area contributed by atoms with Gasteiger partial charge in [-0.05, 0) is 26.5 Å². The van der Waals surface area contributed by atoms with Crippen LogP contribution in [0.5, 0.6) is 0 Å². The summed E-state index contributed by atoms with van der Waals surface area (Å²) < 4.78 is 5.71. The van der Waals surface area contributed by atoms with Crippen molar-refractivity contribution in [3.63, 3.8) is 0 Å². The molecule has 2 aliphatic rings. The van der Waals surface area contributed by atoms with Gasteiger partial charge in [0.25, 0.3) is 5.91 Å². The molecule has 3 aromatic heterocycles. The molecule has 3 N–H and O–H groups in total. The monoisotopic (exact) mass is 608 g/mol.